The van der Waals surface area contributed by atoms with Gasteiger partial charge in [-0.2, -0.15) is 4.31 Å². The lowest BCUT2D eigenvalue weighted by atomic mass is 10.2. The largest absolute Gasteiger partial charge is 0.467 e. The van der Waals surface area contributed by atoms with Crippen LogP contribution in [0.5, 0.6) is 0 Å². The van der Waals surface area contributed by atoms with E-state index in [9.17, 15) is 18.0 Å². The maximum Gasteiger partial charge on any atom is 0.309 e. The summed E-state index contributed by atoms with van der Waals surface area (Å²) in [5, 5.41) is 4.94. The summed E-state index contributed by atoms with van der Waals surface area (Å²) in [5.41, 5.74) is 0.674. The number of ether oxygens (including phenoxy) is 1. The van der Waals surface area contributed by atoms with Crippen LogP contribution in [0.1, 0.15) is 11.3 Å². The lowest BCUT2D eigenvalue weighted by Crippen LogP contribution is -2.40. The molecule has 0 spiro atoms. The molecule has 2 aromatic rings. The van der Waals surface area contributed by atoms with E-state index < -0.39 is 21.8 Å². The lowest BCUT2D eigenvalue weighted by Gasteiger charge is -2.26. The van der Waals surface area contributed by atoms with Crippen molar-refractivity contribution in [2.45, 2.75) is 18.0 Å². The van der Waals surface area contributed by atoms with Gasteiger partial charge in [0.15, 0.2) is 0 Å². The summed E-state index contributed by atoms with van der Waals surface area (Å²) in [6, 6.07) is 9.56. The summed E-state index contributed by atoms with van der Waals surface area (Å²) in [5.74, 6) is -1.02. The van der Waals surface area contributed by atoms with E-state index in [1.54, 1.807) is 24.3 Å². The molecular formula is C18H21N3O6S. The maximum absolute atomic E-state index is 12.6. The van der Waals surface area contributed by atoms with Crippen molar-refractivity contribution in [3.05, 3.63) is 54.0 Å². The number of nitrogens with zero attached hydrogens (tertiary/aromatic N) is 1. The monoisotopic (exact) mass is 407 g/mol. The standard InChI is InChI=1S/C18H21N3O6S/c22-17(18(23)20-13-15-2-1-9-27-15)19-12-14-3-5-16(6-4-14)28(24,25)21-7-10-26-11-8-21/h1-6,9H,7-8,10-13H2,(H,19,22)(H,20,23). The van der Waals surface area contributed by atoms with E-state index in [0.29, 0.717) is 37.6 Å². The Kier molecular flexibility index (Phi) is 6.45. The van der Waals surface area contributed by atoms with Crippen LogP contribution in [-0.2, 0) is 37.4 Å². The zero-order valence-electron chi connectivity index (χ0n) is 15.1. The van der Waals surface area contributed by atoms with Crippen molar-refractivity contribution < 1.29 is 27.2 Å². The van der Waals surface area contributed by atoms with Crippen molar-refractivity contribution in [1.82, 2.24) is 14.9 Å². The molecule has 0 aliphatic carbocycles. The van der Waals surface area contributed by atoms with E-state index in [1.165, 1.54) is 22.7 Å². The lowest BCUT2D eigenvalue weighted by molar-refractivity contribution is -0.139. The van der Waals surface area contributed by atoms with Crippen molar-refractivity contribution >= 4 is 21.8 Å². The predicted octanol–water partition coefficient (Wildman–Crippen LogP) is 0.233. The maximum atomic E-state index is 12.6. The number of hydrogen-bond donors (Lipinski definition) is 2. The van der Waals surface area contributed by atoms with Gasteiger partial charge in [0.2, 0.25) is 10.0 Å². The molecule has 2 N–H and O–H groups in total. The highest BCUT2D eigenvalue weighted by molar-refractivity contribution is 7.89. The average Bonchev–Trinajstić information content (AvgIpc) is 3.25. The van der Waals surface area contributed by atoms with Gasteiger partial charge >= 0.3 is 11.8 Å². The fourth-order valence-corrected chi connectivity index (χ4v) is 4.05. The quantitative estimate of drug-likeness (QED) is 0.662. The Labute approximate surface area is 162 Å². The predicted molar refractivity (Wildman–Crippen MR) is 98.4 cm³/mol. The van der Waals surface area contributed by atoms with E-state index in [4.69, 9.17) is 9.15 Å². The van der Waals surface area contributed by atoms with Crippen LogP contribution in [0.15, 0.2) is 52.0 Å². The number of sulfonamides is 1. The van der Waals surface area contributed by atoms with Gasteiger partial charge in [-0.3, -0.25) is 9.59 Å². The highest BCUT2D eigenvalue weighted by Gasteiger charge is 2.26. The molecule has 150 valence electrons. The molecule has 9 nitrogen and oxygen atoms in total. The van der Waals surface area contributed by atoms with Crippen LogP contribution in [0.25, 0.3) is 0 Å². The van der Waals surface area contributed by atoms with Gasteiger partial charge in [-0.25, -0.2) is 8.42 Å². The van der Waals surface area contributed by atoms with Crippen molar-refractivity contribution in [3.63, 3.8) is 0 Å². The molecule has 0 atom stereocenters. The molecule has 0 saturated carbocycles. The number of morpholine rings is 1. The Morgan fingerprint density at radius 1 is 0.964 bits per heavy atom. The first-order valence-corrected chi connectivity index (χ1v) is 10.2. The smallest absolute Gasteiger partial charge is 0.309 e. The number of hydrogen-bond acceptors (Lipinski definition) is 6. The minimum absolute atomic E-state index is 0.102. The zero-order valence-corrected chi connectivity index (χ0v) is 15.9. The van der Waals surface area contributed by atoms with E-state index >= 15 is 0 Å². The second-order valence-electron chi connectivity index (χ2n) is 6.11. The number of benzene rings is 1. The van der Waals surface area contributed by atoms with Crippen LogP contribution in [-0.4, -0.2) is 50.8 Å². The Balaban J connectivity index is 1.51. The zero-order chi connectivity index (χ0) is 20.0. The van der Waals surface area contributed by atoms with Crippen molar-refractivity contribution in [2.75, 3.05) is 26.3 Å². The van der Waals surface area contributed by atoms with Crippen LogP contribution in [0.2, 0.25) is 0 Å². The second-order valence-corrected chi connectivity index (χ2v) is 8.04. The highest BCUT2D eigenvalue weighted by atomic mass is 32.2. The van der Waals surface area contributed by atoms with Gasteiger partial charge in [-0.15, -0.1) is 0 Å². The molecule has 2 amide bonds. The molecule has 1 aliphatic rings. The molecule has 10 heteroatoms. The number of carbonyl (C=O) groups is 2. The SMILES string of the molecule is O=C(NCc1ccc(S(=O)(=O)N2CCOCC2)cc1)C(=O)NCc1ccco1. The summed E-state index contributed by atoms with van der Waals surface area (Å²) in [6.07, 6.45) is 1.48. The fraction of sp³-hybridized carbons (Fsp3) is 0.333. The molecule has 2 heterocycles. The van der Waals surface area contributed by atoms with Crippen molar-refractivity contribution in [3.8, 4) is 0 Å². The van der Waals surface area contributed by atoms with Crippen LogP contribution in [0, 0.1) is 0 Å². The summed E-state index contributed by atoms with van der Waals surface area (Å²) >= 11 is 0. The normalized spacial score (nSPS) is 15.1. The van der Waals surface area contributed by atoms with Gasteiger partial charge in [-0.05, 0) is 29.8 Å². The first-order valence-electron chi connectivity index (χ1n) is 8.72. The van der Waals surface area contributed by atoms with Crippen LogP contribution in [0.3, 0.4) is 0 Å². The molecule has 3 rings (SSSR count). The number of furan rings is 1. The molecule has 0 radical (unpaired) electrons. The molecule has 1 fully saturated rings. The van der Waals surface area contributed by atoms with Gasteiger partial charge in [0, 0.05) is 19.6 Å². The third-order valence-corrected chi connectivity index (χ3v) is 6.11. The first-order chi connectivity index (χ1) is 13.5. The van der Waals surface area contributed by atoms with Gasteiger partial charge in [0.1, 0.15) is 5.76 Å². The van der Waals surface area contributed by atoms with Crippen molar-refractivity contribution in [1.29, 1.82) is 0 Å². The average molecular weight is 407 g/mol. The molecule has 1 aromatic heterocycles. The minimum Gasteiger partial charge on any atom is -0.467 e. The third-order valence-electron chi connectivity index (χ3n) is 4.19. The first kappa shape index (κ1) is 20.1. The number of rotatable bonds is 6. The van der Waals surface area contributed by atoms with Gasteiger partial charge in [0.05, 0.1) is 30.9 Å². The molecule has 0 unspecified atom stereocenters. The fourth-order valence-electron chi connectivity index (χ4n) is 2.64. The van der Waals surface area contributed by atoms with E-state index in [-0.39, 0.29) is 18.0 Å². The Morgan fingerprint density at radius 3 is 2.21 bits per heavy atom. The summed E-state index contributed by atoms with van der Waals surface area (Å²) in [7, 11) is -3.56. The Morgan fingerprint density at radius 2 is 1.61 bits per heavy atom. The number of amides is 2. The van der Waals surface area contributed by atoms with E-state index in [2.05, 4.69) is 10.6 Å². The molecule has 1 aliphatic heterocycles. The van der Waals surface area contributed by atoms with Crippen molar-refractivity contribution in [2.24, 2.45) is 0 Å². The molecule has 1 aromatic carbocycles. The Hall–Kier alpha value is -2.69. The van der Waals surface area contributed by atoms with E-state index in [0.717, 1.165) is 0 Å². The van der Waals surface area contributed by atoms with Gasteiger partial charge < -0.3 is 19.8 Å². The van der Waals surface area contributed by atoms with Gasteiger partial charge in [-0.1, -0.05) is 12.1 Å². The number of carbonyl (C=O) groups excluding carboxylic acids is 2. The molecule has 28 heavy (non-hydrogen) atoms. The summed E-state index contributed by atoms with van der Waals surface area (Å²) in [4.78, 5) is 23.8. The summed E-state index contributed by atoms with van der Waals surface area (Å²) < 4.78 is 36.8. The highest BCUT2D eigenvalue weighted by Crippen LogP contribution is 2.17. The van der Waals surface area contributed by atoms with Crippen LogP contribution < -0.4 is 10.6 Å². The second kappa shape index (κ2) is 9.00. The topological polar surface area (TPSA) is 118 Å². The molecule has 1 saturated heterocycles. The number of nitrogens with one attached hydrogen (secondary N) is 2. The molecule has 0 bridgehead atoms. The van der Waals surface area contributed by atoms with Crippen LogP contribution >= 0.6 is 0 Å². The van der Waals surface area contributed by atoms with Crippen LogP contribution in [0.4, 0.5) is 0 Å². The summed E-state index contributed by atoms with van der Waals surface area (Å²) in [6.45, 7) is 1.63. The molecular weight excluding hydrogens is 386 g/mol. The minimum atomic E-state index is -3.56. The van der Waals surface area contributed by atoms with Gasteiger partial charge in [0.25, 0.3) is 0 Å². The van der Waals surface area contributed by atoms with E-state index in [1.807, 2.05) is 0 Å². The Bertz CT molecular complexity index is 903. The third kappa shape index (κ3) is 4.97.